The standard InChI is InChI=1S/C17H22F2N4O2/c1-20-5-12-6-23(16(24)25-12)11-3-13(18)15(14(19)4-11)22-9-17(10-22)7-21(2)8-17/h3-4,12,20H,5-10H2,1-2H3. The molecule has 0 bridgehead atoms. The molecule has 1 unspecified atom stereocenters. The molecule has 1 amide bonds. The van der Waals surface area contributed by atoms with Gasteiger partial charge < -0.3 is 19.9 Å². The molecule has 6 nitrogen and oxygen atoms in total. The van der Waals surface area contributed by atoms with Crippen molar-refractivity contribution in [2.75, 3.05) is 63.2 Å². The lowest BCUT2D eigenvalue weighted by Crippen LogP contribution is -2.71. The highest BCUT2D eigenvalue weighted by molar-refractivity contribution is 5.90. The number of rotatable bonds is 4. The maximum Gasteiger partial charge on any atom is 0.414 e. The van der Waals surface area contributed by atoms with Crippen molar-refractivity contribution >= 4 is 17.5 Å². The van der Waals surface area contributed by atoms with E-state index >= 15 is 0 Å². The van der Waals surface area contributed by atoms with Gasteiger partial charge in [0.1, 0.15) is 11.8 Å². The average molecular weight is 352 g/mol. The van der Waals surface area contributed by atoms with Gasteiger partial charge in [0.25, 0.3) is 0 Å². The molecule has 8 heteroatoms. The van der Waals surface area contributed by atoms with Crippen molar-refractivity contribution in [3.8, 4) is 0 Å². The van der Waals surface area contributed by atoms with Crippen molar-refractivity contribution < 1.29 is 18.3 Å². The number of hydrogen-bond acceptors (Lipinski definition) is 5. The van der Waals surface area contributed by atoms with Crippen molar-refractivity contribution in [2.24, 2.45) is 5.41 Å². The summed E-state index contributed by atoms with van der Waals surface area (Å²) in [4.78, 5) is 17.2. The molecule has 136 valence electrons. The number of likely N-dealkylation sites (tertiary alicyclic amines) is 1. The van der Waals surface area contributed by atoms with E-state index in [0.29, 0.717) is 19.6 Å². The second-order valence-electron chi connectivity index (χ2n) is 7.46. The predicted molar refractivity (Wildman–Crippen MR) is 90.0 cm³/mol. The van der Waals surface area contributed by atoms with Crippen LogP contribution in [0.3, 0.4) is 0 Å². The number of amides is 1. The van der Waals surface area contributed by atoms with Crippen molar-refractivity contribution in [1.82, 2.24) is 10.2 Å². The van der Waals surface area contributed by atoms with Gasteiger partial charge in [0.15, 0.2) is 11.6 Å². The molecule has 25 heavy (non-hydrogen) atoms. The molecule has 3 saturated heterocycles. The topological polar surface area (TPSA) is 48.0 Å². The van der Waals surface area contributed by atoms with Crippen molar-refractivity contribution in [3.63, 3.8) is 0 Å². The van der Waals surface area contributed by atoms with E-state index in [1.54, 1.807) is 11.9 Å². The minimum Gasteiger partial charge on any atom is -0.443 e. The van der Waals surface area contributed by atoms with Crippen LogP contribution in [-0.4, -0.2) is 70.5 Å². The van der Waals surface area contributed by atoms with Crippen LogP contribution in [0.2, 0.25) is 0 Å². The summed E-state index contributed by atoms with van der Waals surface area (Å²) in [6, 6.07) is 2.44. The summed E-state index contributed by atoms with van der Waals surface area (Å²) in [5.74, 6) is -1.27. The summed E-state index contributed by atoms with van der Waals surface area (Å²) in [6.45, 7) is 4.04. The maximum atomic E-state index is 14.6. The summed E-state index contributed by atoms with van der Waals surface area (Å²) >= 11 is 0. The molecule has 1 aromatic rings. The monoisotopic (exact) mass is 352 g/mol. The lowest BCUT2D eigenvalue weighted by Gasteiger charge is -2.60. The van der Waals surface area contributed by atoms with Crippen LogP contribution >= 0.6 is 0 Å². The van der Waals surface area contributed by atoms with Crippen LogP contribution in [0.15, 0.2) is 12.1 Å². The zero-order chi connectivity index (χ0) is 17.8. The number of carbonyl (C=O) groups excluding carboxylic acids is 1. The van der Waals surface area contributed by atoms with E-state index in [2.05, 4.69) is 10.2 Å². The van der Waals surface area contributed by atoms with E-state index in [4.69, 9.17) is 4.74 Å². The number of cyclic esters (lactones) is 1. The SMILES string of the molecule is CNCC1CN(c2cc(F)c(N3CC4(CN(C)C4)C3)c(F)c2)C(=O)O1. The third-order valence-electron chi connectivity index (χ3n) is 5.20. The maximum absolute atomic E-state index is 14.6. The molecule has 1 spiro atoms. The fourth-order valence-corrected chi connectivity index (χ4v) is 4.30. The highest BCUT2D eigenvalue weighted by Crippen LogP contribution is 2.43. The van der Waals surface area contributed by atoms with E-state index in [-0.39, 0.29) is 29.4 Å². The zero-order valence-electron chi connectivity index (χ0n) is 14.4. The number of ether oxygens (including phenoxy) is 1. The molecule has 0 aromatic heterocycles. The summed E-state index contributed by atoms with van der Waals surface area (Å²) in [5, 5.41) is 2.92. The summed E-state index contributed by atoms with van der Waals surface area (Å²) in [6.07, 6.45) is -0.902. The summed E-state index contributed by atoms with van der Waals surface area (Å²) in [5.41, 5.74) is 0.384. The highest BCUT2D eigenvalue weighted by atomic mass is 19.1. The Morgan fingerprint density at radius 3 is 2.44 bits per heavy atom. The Morgan fingerprint density at radius 2 is 1.88 bits per heavy atom. The van der Waals surface area contributed by atoms with Gasteiger partial charge in [-0.1, -0.05) is 0 Å². The molecule has 0 radical (unpaired) electrons. The number of nitrogens with zero attached hydrogens (tertiary/aromatic N) is 3. The number of nitrogens with one attached hydrogen (secondary N) is 1. The van der Waals surface area contributed by atoms with Crippen LogP contribution in [0.4, 0.5) is 25.0 Å². The van der Waals surface area contributed by atoms with Crippen LogP contribution < -0.4 is 15.1 Å². The molecule has 3 aliphatic heterocycles. The van der Waals surface area contributed by atoms with E-state index in [0.717, 1.165) is 13.1 Å². The molecule has 1 atom stereocenters. The van der Waals surface area contributed by atoms with Gasteiger partial charge >= 0.3 is 6.09 Å². The van der Waals surface area contributed by atoms with Crippen molar-refractivity contribution in [2.45, 2.75) is 6.10 Å². The normalized spacial score (nSPS) is 25.1. The minimum atomic E-state index is -0.637. The van der Waals surface area contributed by atoms with Crippen LogP contribution in [0.5, 0.6) is 0 Å². The van der Waals surface area contributed by atoms with Gasteiger partial charge in [-0.05, 0) is 14.1 Å². The number of halogens is 2. The third-order valence-corrected chi connectivity index (χ3v) is 5.20. The van der Waals surface area contributed by atoms with Crippen LogP contribution in [0, 0.1) is 17.0 Å². The molecule has 1 aromatic carbocycles. The second kappa shape index (κ2) is 5.81. The number of carbonyl (C=O) groups is 1. The Bertz CT molecular complexity index is 677. The average Bonchev–Trinajstić information content (AvgIpc) is 2.83. The van der Waals surface area contributed by atoms with Gasteiger partial charge in [0.2, 0.25) is 0 Å². The molecular formula is C17H22F2N4O2. The quantitative estimate of drug-likeness (QED) is 0.884. The fraction of sp³-hybridized carbons (Fsp3) is 0.588. The van der Waals surface area contributed by atoms with E-state index in [1.807, 2.05) is 7.05 Å². The Kier molecular flexibility index (Phi) is 3.84. The smallest absolute Gasteiger partial charge is 0.414 e. The van der Waals surface area contributed by atoms with Crippen LogP contribution in [-0.2, 0) is 4.74 Å². The molecule has 4 rings (SSSR count). The zero-order valence-corrected chi connectivity index (χ0v) is 14.4. The largest absolute Gasteiger partial charge is 0.443 e. The predicted octanol–water partition coefficient (Wildman–Crippen LogP) is 1.26. The first kappa shape index (κ1) is 16.5. The van der Waals surface area contributed by atoms with E-state index in [1.165, 1.54) is 17.0 Å². The molecule has 0 aliphatic carbocycles. The van der Waals surface area contributed by atoms with Gasteiger partial charge in [-0.25, -0.2) is 13.6 Å². The minimum absolute atomic E-state index is 0.00303. The van der Waals surface area contributed by atoms with Gasteiger partial charge in [-0.15, -0.1) is 0 Å². The third kappa shape index (κ3) is 2.73. The van der Waals surface area contributed by atoms with Crippen LogP contribution in [0.25, 0.3) is 0 Å². The van der Waals surface area contributed by atoms with E-state index < -0.39 is 17.7 Å². The van der Waals surface area contributed by atoms with Crippen molar-refractivity contribution in [1.29, 1.82) is 0 Å². The molecule has 1 N–H and O–H groups in total. The fourth-order valence-electron chi connectivity index (χ4n) is 4.30. The molecular weight excluding hydrogens is 330 g/mol. The molecule has 3 heterocycles. The first-order valence-electron chi connectivity index (χ1n) is 8.46. The van der Waals surface area contributed by atoms with Crippen LogP contribution in [0.1, 0.15) is 0 Å². The number of hydrogen-bond donors (Lipinski definition) is 1. The molecule has 3 fully saturated rings. The second-order valence-corrected chi connectivity index (χ2v) is 7.46. The Labute approximate surface area is 145 Å². The number of anilines is 2. The first-order valence-corrected chi connectivity index (χ1v) is 8.46. The summed E-state index contributed by atoms with van der Waals surface area (Å²) < 4.78 is 34.3. The first-order chi connectivity index (χ1) is 11.9. The lowest BCUT2D eigenvalue weighted by molar-refractivity contribution is -0.00303. The van der Waals surface area contributed by atoms with Gasteiger partial charge in [-0.2, -0.15) is 0 Å². The Balaban J connectivity index is 1.50. The van der Waals surface area contributed by atoms with Crippen molar-refractivity contribution in [3.05, 3.63) is 23.8 Å². The highest BCUT2D eigenvalue weighted by Gasteiger charge is 2.51. The summed E-state index contributed by atoms with van der Waals surface area (Å²) in [7, 11) is 3.80. The Hall–Kier alpha value is -1.93. The van der Waals surface area contributed by atoms with Gasteiger partial charge in [0, 0.05) is 50.3 Å². The molecule has 3 aliphatic rings. The number of benzene rings is 1. The van der Waals surface area contributed by atoms with Gasteiger partial charge in [-0.3, -0.25) is 4.90 Å². The molecule has 0 saturated carbocycles. The lowest BCUT2D eigenvalue weighted by atomic mass is 9.73. The van der Waals surface area contributed by atoms with Gasteiger partial charge in [0.05, 0.1) is 12.2 Å². The number of likely N-dealkylation sites (N-methyl/N-ethyl adjacent to an activating group) is 1. The Morgan fingerprint density at radius 1 is 1.24 bits per heavy atom. The van der Waals surface area contributed by atoms with E-state index in [9.17, 15) is 13.6 Å².